The fraction of sp³-hybridized carbons (Fsp3) is 0.651. The van der Waals surface area contributed by atoms with Gasteiger partial charge in [0.05, 0.1) is 19.6 Å². The van der Waals surface area contributed by atoms with E-state index in [0.717, 1.165) is 0 Å². The van der Waals surface area contributed by atoms with Crippen LogP contribution in [0.1, 0.15) is 135 Å². The summed E-state index contributed by atoms with van der Waals surface area (Å²) in [6.45, 7) is 8.55. The first kappa shape index (κ1) is 88.6. The monoisotopic (exact) mass is 1470 g/mol. The fourth-order valence-electron chi connectivity index (χ4n) is 11.3. The number of carboxylic acid groups (broad SMARTS) is 9. The van der Waals surface area contributed by atoms with Gasteiger partial charge in [-0.15, -0.1) is 0 Å². The predicted molar refractivity (Wildman–Crippen MR) is 359 cm³/mol. The molecule has 0 spiro atoms. The highest BCUT2D eigenvalue weighted by Crippen LogP contribution is 2.51. The van der Waals surface area contributed by atoms with Gasteiger partial charge in [-0.25, -0.2) is 24.0 Å². The molecule has 1 aliphatic rings. The molecule has 1 aromatic carbocycles. The third-order valence-corrected chi connectivity index (χ3v) is 21.9. The standard InChI is InChI=1S/C63H99FN12O25Si/c1-62(2,3)102(64,63(4,5)6)39-14-12-38(13-15-39)54(89)70-44(34-67-48(79)20-18-45(60(99)100)76-32-30-74(36-52(85)86)28-26-73(35-51(83)84)27-29-75(31-33-76)37-53(87)88)55(90)69-41(57(93)94)10-7-8-24-65-46(77)21-22-47(78)66-25-9-11-40(56(91)92)68-49(80)19-16-42(58(95)96)71-61(101)72-43(59(97)98)17-23-50(81)82/h12-15,40-45H,7-11,16-37H2,1-6H3,(H,65,77)(H,66,78)(H,67,79)(H,68,80)(H,69,90)(H,70,89)(H,81,82)(H,83,84)(H,85,86)(H,87,88)(H,91,92)(H,93,94)(H,95,96)(H,97,98)(H,99,100)(H2,71,72,101)/t40-,41-,42+,43+,44-,45?/m1/s1. The Labute approximate surface area is 588 Å². The molecule has 0 saturated carbocycles. The van der Waals surface area contributed by atoms with Crippen LogP contribution in [-0.4, -0.2) is 297 Å². The minimum atomic E-state index is -3.81. The Kier molecular flexibility index (Phi) is 37.7. The van der Waals surface area contributed by atoms with Crippen LogP contribution in [0.5, 0.6) is 0 Å². The van der Waals surface area contributed by atoms with E-state index in [4.69, 9.17) is 5.11 Å². The van der Waals surface area contributed by atoms with Crippen molar-refractivity contribution in [3.05, 3.63) is 29.8 Å². The molecule has 2 rings (SSSR count). The number of carboxylic acids is 9. The number of halogens is 1. The van der Waals surface area contributed by atoms with Gasteiger partial charge in [0, 0.05) is 110 Å². The maximum Gasteiger partial charge on any atom is 0.326 e. The summed E-state index contributed by atoms with van der Waals surface area (Å²) >= 11 is 0. The maximum absolute atomic E-state index is 17.2. The van der Waals surface area contributed by atoms with Gasteiger partial charge in [-0.05, 0) is 78.8 Å². The molecule has 8 amide bonds. The molecule has 1 heterocycles. The van der Waals surface area contributed by atoms with Crippen LogP contribution in [0, 0.1) is 0 Å². The lowest BCUT2D eigenvalue weighted by Crippen LogP contribution is -2.58. The molecule has 1 fully saturated rings. The minimum absolute atomic E-state index is 0.000572. The van der Waals surface area contributed by atoms with Crippen LogP contribution in [-0.2, 0) is 67.1 Å². The summed E-state index contributed by atoms with van der Waals surface area (Å²) in [5.41, 5.74) is -0.0342. The normalized spacial score (nSPS) is 15.6. The lowest BCUT2D eigenvalue weighted by molar-refractivity contribution is -0.145. The summed E-state index contributed by atoms with van der Waals surface area (Å²) in [7, 11) is -3.81. The van der Waals surface area contributed by atoms with Gasteiger partial charge in [-0.1, -0.05) is 53.7 Å². The van der Waals surface area contributed by atoms with Gasteiger partial charge in [0.1, 0.15) is 36.3 Å². The highest BCUT2D eigenvalue weighted by atomic mass is 28.4. The Morgan fingerprint density at radius 2 is 0.804 bits per heavy atom. The molecule has 1 saturated heterocycles. The van der Waals surface area contributed by atoms with Gasteiger partial charge >= 0.3 is 59.8 Å². The average molecular weight is 1470 g/mol. The summed E-state index contributed by atoms with van der Waals surface area (Å²) in [5, 5.41) is 104. The molecule has 17 N–H and O–H groups in total. The van der Waals surface area contributed by atoms with Crippen LogP contribution >= 0.6 is 0 Å². The van der Waals surface area contributed by atoms with Crippen LogP contribution < -0.4 is 47.7 Å². The molecule has 102 heavy (non-hydrogen) atoms. The molecule has 0 radical (unpaired) electrons. The summed E-state index contributed by atoms with van der Waals surface area (Å²) in [4.78, 5) is 204. The van der Waals surface area contributed by atoms with Crippen molar-refractivity contribution in [1.82, 2.24) is 62.1 Å². The zero-order chi connectivity index (χ0) is 77.2. The second-order valence-corrected chi connectivity index (χ2v) is 31.5. The maximum atomic E-state index is 17.2. The number of carbonyl (C=O) groups excluding carboxylic acids is 7. The van der Waals surface area contributed by atoms with Gasteiger partial charge in [0.2, 0.25) is 29.5 Å². The Morgan fingerprint density at radius 1 is 0.412 bits per heavy atom. The van der Waals surface area contributed by atoms with Gasteiger partial charge in [0.25, 0.3) is 14.3 Å². The first-order chi connectivity index (χ1) is 47.5. The van der Waals surface area contributed by atoms with Crippen LogP contribution in [0.3, 0.4) is 0 Å². The zero-order valence-electron chi connectivity index (χ0n) is 58.1. The quantitative estimate of drug-likeness (QED) is 0.0197. The number of rotatable bonds is 43. The van der Waals surface area contributed by atoms with E-state index in [1.54, 1.807) is 41.5 Å². The number of nitrogens with one attached hydrogen (secondary N) is 8. The number of nitrogens with zero attached hydrogens (tertiary/aromatic N) is 4. The number of unbranched alkanes of at least 4 members (excludes halogenated alkanes) is 1. The summed E-state index contributed by atoms with van der Waals surface area (Å²) in [6.07, 6.45) is -4.07. The smallest absolute Gasteiger partial charge is 0.326 e. The van der Waals surface area contributed by atoms with E-state index in [9.17, 15) is 118 Å². The van der Waals surface area contributed by atoms with E-state index >= 15 is 4.11 Å². The Balaban J connectivity index is 2.13. The molecule has 37 nitrogen and oxygen atoms in total. The lowest BCUT2D eigenvalue weighted by atomic mass is 10.1. The first-order valence-corrected chi connectivity index (χ1v) is 34.9. The first-order valence-electron chi connectivity index (χ1n) is 33.0. The van der Waals surface area contributed by atoms with E-state index in [-0.39, 0.29) is 122 Å². The summed E-state index contributed by atoms with van der Waals surface area (Å²) in [5.74, 6) is -17.4. The van der Waals surface area contributed by atoms with Crippen LogP contribution in [0.2, 0.25) is 10.1 Å². The third kappa shape index (κ3) is 32.9. The number of carbonyl (C=O) groups is 16. The van der Waals surface area contributed by atoms with Gasteiger partial charge in [0.15, 0.2) is 0 Å². The topological polar surface area (TPSA) is 564 Å². The van der Waals surface area contributed by atoms with Crippen molar-refractivity contribution in [2.24, 2.45) is 0 Å². The number of amides is 8. The molecule has 1 unspecified atom stereocenters. The predicted octanol–water partition coefficient (Wildman–Crippen LogP) is -1.72. The molecule has 1 aromatic rings. The van der Waals surface area contributed by atoms with Crippen molar-refractivity contribution in [2.45, 2.75) is 171 Å². The Bertz CT molecular complexity index is 3050. The van der Waals surface area contributed by atoms with Crippen molar-refractivity contribution >= 4 is 109 Å². The van der Waals surface area contributed by atoms with Crippen LogP contribution in [0.4, 0.5) is 8.90 Å². The zero-order valence-corrected chi connectivity index (χ0v) is 59.1. The van der Waals surface area contributed by atoms with Gasteiger partial charge < -0.3 is 92.6 Å². The third-order valence-electron chi connectivity index (χ3n) is 16.6. The second-order valence-electron chi connectivity index (χ2n) is 26.6. The lowest BCUT2D eigenvalue weighted by Gasteiger charge is -2.44. The van der Waals surface area contributed by atoms with Crippen molar-refractivity contribution in [2.75, 3.05) is 91.6 Å². The highest BCUT2D eigenvalue weighted by molar-refractivity contribution is 6.90. The number of aliphatic carboxylic acids is 9. The average Bonchev–Trinajstić information content (AvgIpc) is 0.748. The number of benzene rings is 1. The van der Waals surface area contributed by atoms with Crippen molar-refractivity contribution in [1.29, 1.82) is 0 Å². The number of hydrogen-bond acceptors (Lipinski definition) is 20. The molecule has 39 heteroatoms. The van der Waals surface area contributed by atoms with Gasteiger partial charge in [-0.2, -0.15) is 0 Å². The number of hydrogen-bond donors (Lipinski definition) is 17. The molecular weight excluding hydrogens is 1370 g/mol. The van der Waals surface area contributed by atoms with E-state index in [2.05, 4.69) is 31.9 Å². The van der Waals surface area contributed by atoms with Gasteiger partial charge in [-0.3, -0.25) is 72.3 Å². The molecule has 0 bridgehead atoms. The minimum Gasteiger partial charge on any atom is -0.481 e. The van der Waals surface area contributed by atoms with Crippen LogP contribution in [0.25, 0.3) is 0 Å². The van der Waals surface area contributed by atoms with E-state index in [1.807, 2.05) is 10.6 Å². The number of urea groups is 1. The Hall–Kier alpha value is -9.47. The van der Waals surface area contributed by atoms with E-state index < -0.39 is 208 Å². The van der Waals surface area contributed by atoms with E-state index in [0.29, 0.717) is 5.19 Å². The van der Waals surface area contributed by atoms with Crippen molar-refractivity contribution in [3.63, 3.8) is 0 Å². The SMILES string of the molecule is CC(C)(C)[Si](F)(c1ccc(C(=O)N[C@H](CNC(=O)CCC(C(=O)O)N2CCN(CC(=O)O)CCN(CC(=O)O)CCN(CC(=O)O)CC2)C(=O)N[C@H](CCCCNC(=O)CCC(=O)NCCC[C@@H](NC(=O)CC[C@H](NC(=O)N[C@@H](CCC(=O)O)C(=O)O)C(=O)O)C(=O)O)C(=O)O)cc1)C(C)(C)C. The molecule has 6 atom stereocenters. The van der Waals surface area contributed by atoms with Crippen molar-refractivity contribution < 1.29 is 127 Å². The molecule has 0 aliphatic carbocycles. The van der Waals surface area contributed by atoms with Crippen molar-refractivity contribution in [3.8, 4) is 0 Å². The molecule has 572 valence electrons. The van der Waals surface area contributed by atoms with Crippen LogP contribution in [0.15, 0.2) is 24.3 Å². The molecule has 1 aliphatic heterocycles. The largest absolute Gasteiger partial charge is 0.481 e. The molecular formula is C63H99FN12O25Si. The molecule has 0 aromatic heterocycles. The fourth-order valence-corrected chi connectivity index (χ4v) is 16.0. The highest BCUT2D eigenvalue weighted by Gasteiger charge is 2.56. The summed E-state index contributed by atoms with van der Waals surface area (Å²) in [6, 6.07) is -5.23. The van der Waals surface area contributed by atoms with E-state index in [1.165, 1.54) is 43.9 Å². The summed E-state index contributed by atoms with van der Waals surface area (Å²) < 4.78 is 17.2. The Morgan fingerprint density at radius 3 is 1.23 bits per heavy atom. The second kappa shape index (κ2) is 43.4.